The minimum Gasteiger partial charge on any atom is -0.355 e. The van der Waals surface area contributed by atoms with Gasteiger partial charge in [-0.3, -0.25) is 4.79 Å². The number of hydrogen-bond acceptors (Lipinski definition) is 2. The average molecular weight is 320 g/mol. The van der Waals surface area contributed by atoms with Gasteiger partial charge in [0.25, 0.3) is 0 Å². The highest BCUT2D eigenvalue weighted by molar-refractivity contribution is 9.10. The summed E-state index contributed by atoms with van der Waals surface area (Å²) in [4.78, 5) is 11.3. The molecule has 1 aromatic carbocycles. The van der Waals surface area contributed by atoms with Crippen LogP contribution < -0.4 is 10.6 Å². The zero-order chi connectivity index (χ0) is 12.7. The van der Waals surface area contributed by atoms with E-state index >= 15 is 0 Å². The largest absolute Gasteiger partial charge is 0.355 e. The molecular weight excluding hydrogens is 304 g/mol. The van der Waals surface area contributed by atoms with Gasteiger partial charge in [-0.1, -0.05) is 34.5 Å². The number of halogens is 2. The predicted molar refractivity (Wildman–Crippen MR) is 74.2 cm³/mol. The lowest BCUT2D eigenvalue weighted by molar-refractivity contribution is -0.120. The van der Waals surface area contributed by atoms with E-state index in [1.165, 1.54) is 0 Å². The molecule has 0 fully saturated rings. The Morgan fingerprint density at radius 3 is 2.94 bits per heavy atom. The average Bonchev–Trinajstić information content (AvgIpc) is 2.31. The topological polar surface area (TPSA) is 41.1 Å². The first-order valence-corrected chi connectivity index (χ1v) is 6.72. The Hall–Kier alpha value is -0.580. The number of hydrogen-bond donors (Lipinski definition) is 2. The molecule has 0 aliphatic heterocycles. The molecule has 1 rings (SSSR count). The molecule has 0 spiro atoms. The maximum atomic E-state index is 11.3. The number of rotatable bonds is 6. The highest BCUT2D eigenvalue weighted by Gasteiger charge is 2.03. The number of carbonyl (C=O) groups excluding carboxylic acids is 1. The first-order chi connectivity index (χ1) is 8.13. The molecule has 0 atom stereocenters. The van der Waals surface area contributed by atoms with Gasteiger partial charge in [0.05, 0.1) is 6.54 Å². The second-order valence-corrected chi connectivity index (χ2v) is 5.01. The van der Waals surface area contributed by atoms with Gasteiger partial charge in [0.15, 0.2) is 0 Å². The lowest BCUT2D eigenvalue weighted by Gasteiger charge is -2.07. The molecule has 0 heterocycles. The molecule has 0 saturated carbocycles. The first kappa shape index (κ1) is 14.5. The third kappa shape index (κ3) is 5.52. The van der Waals surface area contributed by atoms with Crippen LogP contribution in [0.15, 0.2) is 22.7 Å². The molecule has 17 heavy (non-hydrogen) atoms. The van der Waals surface area contributed by atoms with Crippen molar-refractivity contribution in [2.24, 2.45) is 0 Å². The quantitative estimate of drug-likeness (QED) is 0.846. The first-order valence-electron chi connectivity index (χ1n) is 5.54. The number of nitrogens with one attached hydrogen (secondary N) is 2. The van der Waals surface area contributed by atoms with Crippen LogP contribution in [-0.2, 0) is 11.3 Å². The van der Waals surface area contributed by atoms with Gasteiger partial charge in [0.1, 0.15) is 0 Å². The molecule has 0 aliphatic rings. The molecule has 3 nitrogen and oxygen atoms in total. The molecule has 0 aliphatic carbocycles. The molecular formula is C12H16BrClN2O. The maximum absolute atomic E-state index is 11.3. The molecule has 0 aromatic heterocycles. The summed E-state index contributed by atoms with van der Waals surface area (Å²) < 4.78 is 0.981. The summed E-state index contributed by atoms with van der Waals surface area (Å²) in [6.07, 6.45) is 0.948. The Kier molecular flexibility index (Phi) is 6.55. The Balaban J connectivity index is 2.35. The van der Waals surface area contributed by atoms with E-state index in [0.717, 1.165) is 23.0 Å². The van der Waals surface area contributed by atoms with Crippen LogP contribution >= 0.6 is 27.5 Å². The van der Waals surface area contributed by atoms with Crippen molar-refractivity contribution in [3.8, 4) is 0 Å². The van der Waals surface area contributed by atoms with E-state index in [-0.39, 0.29) is 5.91 Å². The predicted octanol–water partition coefficient (Wildman–Crippen LogP) is 2.72. The standard InChI is InChI=1S/C12H16BrClN2O/c1-2-5-16-12(17)8-15-7-9-6-10(13)3-4-11(9)14/h3-4,6,15H,2,5,7-8H2,1H3,(H,16,17). The van der Waals surface area contributed by atoms with Gasteiger partial charge in [0, 0.05) is 22.6 Å². The SMILES string of the molecule is CCCNC(=O)CNCc1cc(Br)ccc1Cl. The van der Waals surface area contributed by atoms with Crippen molar-refractivity contribution in [1.29, 1.82) is 0 Å². The fourth-order valence-electron chi connectivity index (χ4n) is 1.32. The van der Waals surface area contributed by atoms with Crippen LogP contribution in [0.2, 0.25) is 5.02 Å². The molecule has 0 unspecified atom stereocenters. The van der Waals surface area contributed by atoms with Gasteiger partial charge in [0.2, 0.25) is 5.91 Å². The molecule has 2 N–H and O–H groups in total. The molecule has 94 valence electrons. The molecule has 0 bridgehead atoms. The third-order valence-electron chi connectivity index (χ3n) is 2.18. The molecule has 5 heteroatoms. The van der Waals surface area contributed by atoms with E-state index in [1.807, 2.05) is 25.1 Å². The number of amides is 1. The van der Waals surface area contributed by atoms with E-state index in [9.17, 15) is 4.79 Å². The molecule has 1 amide bonds. The summed E-state index contributed by atoms with van der Waals surface area (Å²) in [6, 6.07) is 5.67. The van der Waals surface area contributed by atoms with Crippen molar-refractivity contribution in [3.05, 3.63) is 33.3 Å². The second kappa shape index (κ2) is 7.69. The van der Waals surface area contributed by atoms with Gasteiger partial charge < -0.3 is 10.6 Å². The fourth-order valence-corrected chi connectivity index (χ4v) is 1.91. The summed E-state index contributed by atoms with van der Waals surface area (Å²) in [5.41, 5.74) is 0.976. The lowest BCUT2D eigenvalue weighted by Crippen LogP contribution is -2.33. The fraction of sp³-hybridized carbons (Fsp3) is 0.417. The minimum absolute atomic E-state index is 0.0120. The van der Waals surface area contributed by atoms with Crippen molar-refractivity contribution in [2.45, 2.75) is 19.9 Å². The number of benzene rings is 1. The Morgan fingerprint density at radius 2 is 2.24 bits per heavy atom. The molecule has 0 saturated heterocycles. The molecule has 1 aromatic rings. The Morgan fingerprint density at radius 1 is 1.47 bits per heavy atom. The van der Waals surface area contributed by atoms with Crippen LogP contribution in [0.4, 0.5) is 0 Å². The van der Waals surface area contributed by atoms with Crippen LogP contribution in [0.3, 0.4) is 0 Å². The third-order valence-corrected chi connectivity index (χ3v) is 3.04. The van der Waals surface area contributed by atoms with Crippen LogP contribution in [0.25, 0.3) is 0 Å². The summed E-state index contributed by atoms with van der Waals surface area (Å²) in [5.74, 6) is 0.0120. The van der Waals surface area contributed by atoms with E-state index < -0.39 is 0 Å². The lowest BCUT2D eigenvalue weighted by atomic mass is 10.2. The zero-order valence-corrected chi connectivity index (χ0v) is 12.1. The molecule has 0 radical (unpaired) electrons. The van der Waals surface area contributed by atoms with Gasteiger partial charge in [-0.2, -0.15) is 0 Å². The van der Waals surface area contributed by atoms with Crippen molar-refractivity contribution in [3.63, 3.8) is 0 Å². The normalized spacial score (nSPS) is 10.3. The van der Waals surface area contributed by atoms with Crippen LogP contribution in [-0.4, -0.2) is 19.0 Å². The van der Waals surface area contributed by atoms with Crippen LogP contribution in [0.5, 0.6) is 0 Å². The summed E-state index contributed by atoms with van der Waals surface area (Å²) in [5, 5.41) is 6.57. The summed E-state index contributed by atoms with van der Waals surface area (Å²) in [6.45, 7) is 3.63. The van der Waals surface area contributed by atoms with E-state index in [0.29, 0.717) is 18.1 Å². The smallest absolute Gasteiger partial charge is 0.233 e. The van der Waals surface area contributed by atoms with Crippen molar-refractivity contribution < 1.29 is 4.79 Å². The van der Waals surface area contributed by atoms with E-state index in [2.05, 4.69) is 26.6 Å². The van der Waals surface area contributed by atoms with Gasteiger partial charge in [-0.15, -0.1) is 0 Å². The van der Waals surface area contributed by atoms with Crippen molar-refractivity contribution >= 4 is 33.4 Å². The van der Waals surface area contributed by atoms with E-state index in [4.69, 9.17) is 11.6 Å². The Labute approximate surface area is 115 Å². The Bertz CT molecular complexity index is 385. The minimum atomic E-state index is 0.0120. The summed E-state index contributed by atoms with van der Waals surface area (Å²) >= 11 is 9.42. The second-order valence-electron chi connectivity index (χ2n) is 3.69. The monoisotopic (exact) mass is 318 g/mol. The van der Waals surface area contributed by atoms with Crippen LogP contribution in [0, 0.1) is 0 Å². The van der Waals surface area contributed by atoms with Gasteiger partial charge in [-0.05, 0) is 30.2 Å². The summed E-state index contributed by atoms with van der Waals surface area (Å²) in [7, 11) is 0. The highest BCUT2D eigenvalue weighted by Crippen LogP contribution is 2.20. The highest BCUT2D eigenvalue weighted by atomic mass is 79.9. The van der Waals surface area contributed by atoms with Gasteiger partial charge >= 0.3 is 0 Å². The maximum Gasteiger partial charge on any atom is 0.233 e. The van der Waals surface area contributed by atoms with E-state index in [1.54, 1.807) is 0 Å². The van der Waals surface area contributed by atoms with Gasteiger partial charge in [-0.25, -0.2) is 0 Å². The zero-order valence-electron chi connectivity index (χ0n) is 9.72. The van der Waals surface area contributed by atoms with Crippen molar-refractivity contribution in [1.82, 2.24) is 10.6 Å². The van der Waals surface area contributed by atoms with Crippen LogP contribution in [0.1, 0.15) is 18.9 Å². The van der Waals surface area contributed by atoms with Crippen molar-refractivity contribution in [2.75, 3.05) is 13.1 Å². The number of carbonyl (C=O) groups is 1.